The summed E-state index contributed by atoms with van der Waals surface area (Å²) >= 11 is 6.30. The van der Waals surface area contributed by atoms with E-state index in [1.165, 1.54) is 11.1 Å². The lowest BCUT2D eigenvalue weighted by molar-refractivity contribution is 0.0657. The minimum atomic E-state index is -0.0925. The molecule has 1 aromatic heterocycles. The van der Waals surface area contributed by atoms with Gasteiger partial charge in [-0.2, -0.15) is 0 Å². The van der Waals surface area contributed by atoms with Crippen LogP contribution in [0.4, 0.5) is 0 Å². The molecule has 0 spiro atoms. The molecule has 0 aromatic carbocycles. The molecule has 1 aliphatic heterocycles. The minimum Gasteiger partial charge on any atom is -0.367 e. The van der Waals surface area contributed by atoms with E-state index in [1.54, 1.807) is 0 Å². The lowest BCUT2D eigenvalue weighted by Gasteiger charge is -2.27. The highest BCUT2D eigenvalue weighted by Gasteiger charge is 2.24. The van der Waals surface area contributed by atoms with Gasteiger partial charge in [0, 0.05) is 11.2 Å². The van der Waals surface area contributed by atoms with Crippen LogP contribution < -0.4 is 0 Å². The van der Waals surface area contributed by atoms with Crippen LogP contribution in [-0.2, 0) is 11.2 Å². The Morgan fingerprint density at radius 3 is 2.91 bits per heavy atom. The number of halogens is 1. The zero-order chi connectivity index (χ0) is 16.7. The highest BCUT2D eigenvalue weighted by Crippen LogP contribution is 2.33. The minimum absolute atomic E-state index is 0.0925. The Kier molecular flexibility index (Phi) is 6.94. The molecule has 23 heavy (non-hydrogen) atoms. The standard InChI is InChI=1S/C20H26ClNO/c1-4-9-16(14-17(21)5-2)20-19-18(11-13-23-20)15(3)10-7-6-8-12-22-19/h6-10,12,14,20,22H,4-5,11,13H2,1-3H3/b7-6?,12-8?,15-10?,16-9+,17-14+. The summed E-state index contributed by atoms with van der Waals surface area (Å²) in [7, 11) is 0. The Balaban J connectivity index is 2.59. The van der Waals surface area contributed by atoms with E-state index in [4.69, 9.17) is 16.3 Å². The molecule has 1 aliphatic rings. The van der Waals surface area contributed by atoms with Crippen molar-refractivity contribution in [1.29, 1.82) is 0 Å². The number of aromatic amines is 1. The van der Waals surface area contributed by atoms with Gasteiger partial charge in [-0.05, 0) is 55.0 Å². The van der Waals surface area contributed by atoms with Gasteiger partial charge in [-0.3, -0.25) is 0 Å². The van der Waals surface area contributed by atoms with E-state index in [1.807, 2.05) is 18.3 Å². The van der Waals surface area contributed by atoms with Crippen LogP contribution in [0.15, 0.2) is 53.2 Å². The van der Waals surface area contributed by atoms with Crippen LogP contribution in [0.3, 0.4) is 0 Å². The number of hydrogen-bond donors (Lipinski definition) is 1. The summed E-state index contributed by atoms with van der Waals surface area (Å²) in [5.41, 5.74) is 4.87. The molecule has 0 saturated carbocycles. The number of ether oxygens (including phenoxy) is 1. The SMILES string of the molecule is CC/C=C(\C=C(\Cl)CC)C1OCCc2c(C)ccccc[nH]c21. The molecule has 0 radical (unpaired) electrons. The first-order valence-corrected chi connectivity index (χ1v) is 8.72. The molecule has 1 unspecified atom stereocenters. The third kappa shape index (κ3) is 4.73. The normalized spacial score (nSPS) is 18.3. The molecule has 0 amide bonds. The molecule has 0 saturated heterocycles. The van der Waals surface area contributed by atoms with Gasteiger partial charge in [-0.25, -0.2) is 0 Å². The van der Waals surface area contributed by atoms with E-state index in [0.717, 1.165) is 42.2 Å². The molecule has 2 heterocycles. The van der Waals surface area contributed by atoms with Crippen molar-refractivity contribution in [2.75, 3.05) is 6.61 Å². The lowest BCUT2D eigenvalue weighted by Crippen LogP contribution is -2.19. The summed E-state index contributed by atoms with van der Waals surface area (Å²) in [6.07, 6.45) is 8.84. The zero-order valence-electron chi connectivity index (χ0n) is 14.2. The second kappa shape index (κ2) is 8.95. The van der Waals surface area contributed by atoms with Gasteiger partial charge >= 0.3 is 0 Å². The molecule has 2 rings (SSSR count). The topological polar surface area (TPSA) is 25.0 Å². The summed E-state index contributed by atoms with van der Waals surface area (Å²) in [5.74, 6) is 0. The van der Waals surface area contributed by atoms with Crippen molar-refractivity contribution >= 4 is 11.6 Å². The van der Waals surface area contributed by atoms with Crippen molar-refractivity contribution in [3.05, 3.63) is 70.0 Å². The van der Waals surface area contributed by atoms with Crippen molar-refractivity contribution in [2.24, 2.45) is 0 Å². The maximum absolute atomic E-state index is 6.30. The third-order valence-electron chi connectivity index (χ3n) is 4.01. The van der Waals surface area contributed by atoms with Crippen molar-refractivity contribution in [3.63, 3.8) is 0 Å². The van der Waals surface area contributed by atoms with E-state index in [0.29, 0.717) is 0 Å². The Labute approximate surface area is 144 Å². The molecule has 1 N–H and O–H groups in total. The van der Waals surface area contributed by atoms with Crippen molar-refractivity contribution in [3.8, 4) is 0 Å². The van der Waals surface area contributed by atoms with Crippen LogP contribution >= 0.6 is 11.6 Å². The summed E-state index contributed by atoms with van der Waals surface area (Å²) in [6, 6.07) is 8.27. The first-order chi connectivity index (χ1) is 11.2. The predicted molar refractivity (Wildman–Crippen MR) is 98.2 cm³/mol. The van der Waals surface area contributed by atoms with Crippen LogP contribution in [0.25, 0.3) is 0 Å². The average molecular weight is 332 g/mol. The molecule has 1 atom stereocenters. The summed E-state index contributed by atoms with van der Waals surface area (Å²) in [5, 5.41) is 0.855. The Morgan fingerprint density at radius 1 is 1.35 bits per heavy atom. The van der Waals surface area contributed by atoms with Gasteiger partial charge in [0.15, 0.2) is 0 Å². The predicted octanol–water partition coefficient (Wildman–Crippen LogP) is 5.93. The van der Waals surface area contributed by atoms with E-state index in [9.17, 15) is 0 Å². The first kappa shape index (κ1) is 17.8. The van der Waals surface area contributed by atoms with Gasteiger partial charge in [-0.15, -0.1) is 0 Å². The second-order valence-electron chi connectivity index (χ2n) is 5.69. The largest absolute Gasteiger partial charge is 0.367 e. The van der Waals surface area contributed by atoms with E-state index >= 15 is 0 Å². The van der Waals surface area contributed by atoms with E-state index in [-0.39, 0.29) is 6.10 Å². The van der Waals surface area contributed by atoms with Crippen molar-refractivity contribution in [2.45, 2.75) is 46.1 Å². The number of hydrogen-bond acceptors (Lipinski definition) is 1. The number of rotatable bonds is 4. The maximum atomic E-state index is 6.30. The Morgan fingerprint density at radius 2 is 2.17 bits per heavy atom. The van der Waals surface area contributed by atoms with Crippen LogP contribution in [-0.4, -0.2) is 11.6 Å². The van der Waals surface area contributed by atoms with E-state index < -0.39 is 0 Å². The molecule has 2 nitrogen and oxygen atoms in total. The molecule has 0 bridgehead atoms. The van der Waals surface area contributed by atoms with Crippen LogP contribution in [0.2, 0.25) is 0 Å². The summed E-state index contributed by atoms with van der Waals surface area (Å²) in [6.45, 7) is 7.08. The number of fused-ring (bicyclic) bond motifs is 1. The average Bonchev–Trinajstić information content (AvgIpc) is 2.65. The lowest BCUT2D eigenvalue weighted by atomic mass is 9.94. The highest BCUT2D eigenvalue weighted by atomic mass is 35.5. The monoisotopic (exact) mass is 331 g/mol. The Bertz CT molecular complexity index is 641. The fraction of sp³-hybridized carbons (Fsp3) is 0.400. The second-order valence-corrected chi connectivity index (χ2v) is 6.17. The fourth-order valence-electron chi connectivity index (χ4n) is 2.81. The molecule has 0 fully saturated rings. The summed E-state index contributed by atoms with van der Waals surface area (Å²) < 4.78 is 6.12. The maximum Gasteiger partial charge on any atom is 0.122 e. The van der Waals surface area contributed by atoms with Gasteiger partial charge in [0.25, 0.3) is 0 Å². The van der Waals surface area contributed by atoms with Crippen molar-refractivity contribution in [1.82, 2.24) is 4.98 Å². The van der Waals surface area contributed by atoms with Crippen LogP contribution in [0.5, 0.6) is 0 Å². The van der Waals surface area contributed by atoms with Crippen LogP contribution in [0, 0.1) is 6.92 Å². The first-order valence-electron chi connectivity index (χ1n) is 8.35. The van der Waals surface area contributed by atoms with Gasteiger partial charge in [0.1, 0.15) is 6.10 Å². The number of aryl methyl sites for hydroxylation is 1. The van der Waals surface area contributed by atoms with Gasteiger partial charge in [-0.1, -0.05) is 49.7 Å². The quantitative estimate of drug-likeness (QED) is 0.679. The van der Waals surface area contributed by atoms with Gasteiger partial charge in [0.05, 0.1) is 12.3 Å². The van der Waals surface area contributed by atoms with Gasteiger partial charge < -0.3 is 9.72 Å². The molecular weight excluding hydrogens is 306 g/mol. The van der Waals surface area contributed by atoms with Crippen molar-refractivity contribution < 1.29 is 4.74 Å². The number of nitrogens with one attached hydrogen (secondary N) is 1. The smallest absolute Gasteiger partial charge is 0.122 e. The van der Waals surface area contributed by atoms with Crippen LogP contribution in [0.1, 0.15) is 49.6 Å². The molecule has 3 heteroatoms. The molecule has 124 valence electrons. The number of allylic oxidation sites excluding steroid dienone is 2. The third-order valence-corrected chi connectivity index (χ3v) is 4.38. The fourth-order valence-corrected chi connectivity index (χ4v) is 2.93. The number of H-pyrrole nitrogens is 1. The molecular formula is C20H26ClNO. The highest BCUT2D eigenvalue weighted by molar-refractivity contribution is 6.29. The molecule has 1 aromatic rings. The zero-order valence-corrected chi connectivity index (χ0v) is 15.0. The summed E-state index contributed by atoms with van der Waals surface area (Å²) in [4.78, 5) is 3.44. The number of aromatic nitrogens is 1. The molecule has 0 aliphatic carbocycles. The van der Waals surface area contributed by atoms with Gasteiger partial charge in [0.2, 0.25) is 0 Å². The van der Waals surface area contributed by atoms with E-state index in [2.05, 4.69) is 50.0 Å². The Hall–Kier alpha value is -1.51.